The summed E-state index contributed by atoms with van der Waals surface area (Å²) >= 11 is 0. The van der Waals surface area contributed by atoms with Gasteiger partial charge in [-0.25, -0.2) is 9.37 Å². The van der Waals surface area contributed by atoms with Crippen molar-refractivity contribution in [3.05, 3.63) is 94.7 Å². The predicted octanol–water partition coefficient (Wildman–Crippen LogP) is 4.61. The van der Waals surface area contributed by atoms with Crippen molar-refractivity contribution in [2.75, 3.05) is 6.61 Å². The number of benzene rings is 2. The molecule has 4 aromatic rings. The molecule has 6 nitrogen and oxygen atoms in total. The van der Waals surface area contributed by atoms with Crippen LogP contribution in [-0.2, 0) is 0 Å². The molecule has 7 heteroatoms. The topological polar surface area (TPSA) is 98.2 Å². The van der Waals surface area contributed by atoms with Gasteiger partial charge in [-0.1, -0.05) is 30.0 Å². The number of amides is 1. The summed E-state index contributed by atoms with van der Waals surface area (Å²) in [5.74, 6) is 4.80. The Morgan fingerprint density at radius 2 is 1.94 bits per heavy atom. The molecule has 1 atom stereocenters. The molecule has 0 aliphatic heterocycles. The fourth-order valence-corrected chi connectivity index (χ4v) is 3.67. The minimum absolute atomic E-state index is 0.0965. The van der Waals surface area contributed by atoms with Crippen molar-refractivity contribution in [1.82, 2.24) is 15.3 Å². The van der Waals surface area contributed by atoms with Gasteiger partial charge in [0.2, 0.25) is 0 Å². The number of hydrogen-bond donors (Lipinski definition) is 4. The molecule has 2 aromatic heterocycles. The Labute approximate surface area is 202 Å². The van der Waals surface area contributed by atoms with E-state index < -0.39 is 23.2 Å². The summed E-state index contributed by atoms with van der Waals surface area (Å²) in [6.07, 6.45) is 0. The van der Waals surface area contributed by atoms with E-state index in [-0.39, 0.29) is 23.6 Å². The van der Waals surface area contributed by atoms with Crippen LogP contribution in [0.5, 0.6) is 5.75 Å². The number of aromatic amines is 1. The number of hydrogen-bond acceptors (Lipinski definition) is 4. The zero-order valence-electron chi connectivity index (χ0n) is 19.7. The summed E-state index contributed by atoms with van der Waals surface area (Å²) in [5, 5.41) is 23.7. The third-order valence-corrected chi connectivity index (χ3v) is 5.56. The molecule has 4 N–H and O–H groups in total. The van der Waals surface area contributed by atoms with Crippen molar-refractivity contribution >= 4 is 16.8 Å². The van der Waals surface area contributed by atoms with Crippen LogP contribution in [0.25, 0.3) is 10.9 Å². The zero-order chi connectivity index (χ0) is 25.2. The molecule has 0 saturated heterocycles. The Balaban J connectivity index is 1.73. The Morgan fingerprint density at radius 1 is 1.17 bits per heavy atom. The van der Waals surface area contributed by atoms with E-state index in [1.165, 1.54) is 12.1 Å². The minimum atomic E-state index is -0.865. The molecule has 0 fully saturated rings. The second-order valence-electron chi connectivity index (χ2n) is 9.10. The molecule has 178 valence electrons. The average Bonchev–Trinajstić information content (AvgIpc) is 3.26. The highest BCUT2D eigenvalue weighted by Crippen LogP contribution is 2.31. The molecule has 0 saturated carbocycles. The lowest BCUT2D eigenvalue weighted by molar-refractivity contribution is 0.0936. The SMILES string of the molecule is Cc1cc(C#CC(C)(C)CO)cc(C(=O)NC(c2cc3ccccc3[nH]2)c2cc(F)ccc2O)n1. The smallest absolute Gasteiger partial charge is 0.270 e. The molecule has 1 amide bonds. The van der Waals surface area contributed by atoms with Crippen molar-refractivity contribution < 1.29 is 19.4 Å². The number of para-hydroxylation sites is 1. The molecule has 2 heterocycles. The first-order valence-corrected chi connectivity index (χ1v) is 11.1. The van der Waals surface area contributed by atoms with E-state index in [4.69, 9.17) is 0 Å². The van der Waals surface area contributed by atoms with Crippen LogP contribution in [0.15, 0.2) is 60.7 Å². The third kappa shape index (κ3) is 5.51. The molecule has 4 rings (SSSR count). The minimum Gasteiger partial charge on any atom is -0.508 e. The van der Waals surface area contributed by atoms with E-state index in [0.717, 1.165) is 17.0 Å². The van der Waals surface area contributed by atoms with Gasteiger partial charge in [0.1, 0.15) is 17.3 Å². The first-order valence-electron chi connectivity index (χ1n) is 11.1. The second kappa shape index (κ2) is 9.61. The third-order valence-electron chi connectivity index (χ3n) is 5.56. The van der Waals surface area contributed by atoms with Crippen LogP contribution in [0.1, 0.15) is 52.9 Å². The monoisotopic (exact) mass is 471 g/mol. The van der Waals surface area contributed by atoms with Crippen molar-refractivity contribution in [3.8, 4) is 17.6 Å². The standard InChI is InChI=1S/C28H26FN3O3/c1-17-12-18(10-11-28(2,3)16-33)13-24(30-17)27(35)32-26(21-15-20(29)8-9-25(21)34)23-14-19-6-4-5-7-22(19)31-23/h4-9,12-15,26,31,33-34H,16H2,1-3H3,(H,32,35). The van der Waals surface area contributed by atoms with Gasteiger partial charge < -0.3 is 20.5 Å². The number of aryl methyl sites for hydroxylation is 1. The molecule has 0 aliphatic rings. The van der Waals surface area contributed by atoms with Crippen LogP contribution in [0.3, 0.4) is 0 Å². The lowest BCUT2D eigenvalue weighted by Gasteiger charge is -2.19. The summed E-state index contributed by atoms with van der Waals surface area (Å²) in [7, 11) is 0. The van der Waals surface area contributed by atoms with Gasteiger partial charge in [0.15, 0.2) is 0 Å². The number of H-pyrrole nitrogens is 1. The van der Waals surface area contributed by atoms with Crippen molar-refractivity contribution in [2.45, 2.75) is 26.8 Å². The second-order valence-corrected chi connectivity index (χ2v) is 9.10. The van der Waals surface area contributed by atoms with Crippen LogP contribution in [0.4, 0.5) is 4.39 Å². The number of halogens is 1. The van der Waals surface area contributed by atoms with Crippen molar-refractivity contribution in [1.29, 1.82) is 0 Å². The summed E-state index contributed by atoms with van der Waals surface area (Å²) in [6.45, 7) is 5.30. The molecular weight excluding hydrogens is 445 g/mol. The number of carbonyl (C=O) groups is 1. The fourth-order valence-electron chi connectivity index (χ4n) is 3.67. The number of phenolic OH excluding ortho intramolecular Hbond substituents is 1. The number of aromatic nitrogens is 2. The van der Waals surface area contributed by atoms with E-state index >= 15 is 0 Å². The first-order chi connectivity index (χ1) is 16.6. The summed E-state index contributed by atoms with van der Waals surface area (Å²) < 4.78 is 14.1. The van der Waals surface area contributed by atoms with Gasteiger partial charge in [-0.05, 0) is 68.6 Å². The number of pyridine rings is 1. The van der Waals surface area contributed by atoms with E-state index in [9.17, 15) is 19.4 Å². The van der Waals surface area contributed by atoms with Gasteiger partial charge in [0.25, 0.3) is 5.91 Å². The summed E-state index contributed by atoms with van der Waals surface area (Å²) in [6, 6.07) is 15.5. The molecule has 35 heavy (non-hydrogen) atoms. The maximum atomic E-state index is 14.1. The van der Waals surface area contributed by atoms with E-state index in [1.807, 2.05) is 44.2 Å². The number of carbonyl (C=O) groups excluding carboxylic acids is 1. The van der Waals surface area contributed by atoms with E-state index in [2.05, 4.69) is 27.1 Å². The van der Waals surface area contributed by atoms with E-state index in [0.29, 0.717) is 17.0 Å². The van der Waals surface area contributed by atoms with Crippen LogP contribution in [0, 0.1) is 30.0 Å². The van der Waals surface area contributed by atoms with Crippen LogP contribution in [0.2, 0.25) is 0 Å². The lowest BCUT2D eigenvalue weighted by Crippen LogP contribution is -2.30. The highest BCUT2D eigenvalue weighted by molar-refractivity contribution is 5.93. The molecular formula is C28H26FN3O3. The normalized spacial score (nSPS) is 12.1. The average molecular weight is 472 g/mol. The Hall–Kier alpha value is -4.15. The highest BCUT2D eigenvalue weighted by atomic mass is 19.1. The first kappa shape index (κ1) is 24.0. The molecule has 0 aliphatic carbocycles. The van der Waals surface area contributed by atoms with Crippen LogP contribution >= 0.6 is 0 Å². The van der Waals surface area contributed by atoms with Crippen molar-refractivity contribution in [3.63, 3.8) is 0 Å². The lowest BCUT2D eigenvalue weighted by atomic mass is 9.95. The number of rotatable bonds is 5. The number of aromatic hydroxyl groups is 1. The van der Waals surface area contributed by atoms with Gasteiger partial charge >= 0.3 is 0 Å². The van der Waals surface area contributed by atoms with Crippen LogP contribution in [-0.4, -0.2) is 32.7 Å². The Morgan fingerprint density at radius 3 is 2.69 bits per heavy atom. The molecule has 0 radical (unpaired) electrons. The van der Waals surface area contributed by atoms with Crippen molar-refractivity contribution in [2.24, 2.45) is 5.41 Å². The number of aliphatic hydroxyl groups is 1. The number of fused-ring (bicyclic) bond motifs is 1. The maximum Gasteiger partial charge on any atom is 0.270 e. The summed E-state index contributed by atoms with van der Waals surface area (Å²) in [5.41, 5.74) is 2.36. The summed E-state index contributed by atoms with van der Waals surface area (Å²) in [4.78, 5) is 20.9. The molecule has 2 aromatic carbocycles. The predicted molar refractivity (Wildman–Crippen MR) is 132 cm³/mol. The molecule has 0 bridgehead atoms. The maximum absolute atomic E-state index is 14.1. The molecule has 0 spiro atoms. The number of nitrogens with one attached hydrogen (secondary N) is 2. The van der Waals surface area contributed by atoms with Gasteiger partial charge in [-0.2, -0.15) is 0 Å². The number of phenols is 1. The quantitative estimate of drug-likeness (QED) is 0.320. The van der Waals surface area contributed by atoms with E-state index in [1.54, 1.807) is 19.1 Å². The van der Waals surface area contributed by atoms with Gasteiger partial charge in [0.05, 0.1) is 12.6 Å². The van der Waals surface area contributed by atoms with Gasteiger partial charge in [-0.15, -0.1) is 0 Å². The van der Waals surface area contributed by atoms with Gasteiger partial charge in [0, 0.05) is 33.4 Å². The Bertz CT molecular complexity index is 1430. The fraction of sp³-hybridized carbons (Fsp3) is 0.214. The van der Waals surface area contributed by atoms with Gasteiger partial charge in [-0.3, -0.25) is 4.79 Å². The number of nitrogens with zero attached hydrogens (tertiary/aromatic N) is 1. The zero-order valence-corrected chi connectivity index (χ0v) is 19.7. The Kier molecular flexibility index (Phi) is 6.59. The highest BCUT2D eigenvalue weighted by Gasteiger charge is 2.24. The number of aliphatic hydroxyl groups excluding tert-OH is 1. The van der Waals surface area contributed by atoms with Crippen LogP contribution < -0.4 is 5.32 Å². The largest absolute Gasteiger partial charge is 0.508 e. The molecule has 1 unspecified atom stereocenters.